The largest absolute Gasteiger partial charge is 0.436 e. The van der Waals surface area contributed by atoms with Crippen molar-refractivity contribution < 1.29 is 4.42 Å². The van der Waals surface area contributed by atoms with Gasteiger partial charge in [0, 0.05) is 23.7 Å². The van der Waals surface area contributed by atoms with E-state index in [-0.39, 0.29) is 0 Å². The van der Waals surface area contributed by atoms with Gasteiger partial charge < -0.3 is 8.98 Å². The number of nitrogens with zero attached hydrogens (tertiary/aromatic N) is 7. The van der Waals surface area contributed by atoms with Gasteiger partial charge in [-0.3, -0.25) is 0 Å². The highest BCUT2D eigenvalue weighted by atomic mass is 16.3. The Labute approximate surface area is 194 Å². The predicted octanol–water partition coefficient (Wildman–Crippen LogP) is 4.81. The van der Waals surface area contributed by atoms with Crippen molar-refractivity contribution in [1.82, 2.24) is 40.1 Å². The summed E-state index contributed by atoms with van der Waals surface area (Å²) in [7, 11) is 0. The van der Waals surface area contributed by atoms with Crippen LogP contribution in [0.2, 0.25) is 0 Å². The lowest BCUT2D eigenvalue weighted by Crippen LogP contribution is -2.06. The van der Waals surface area contributed by atoms with Crippen molar-refractivity contribution in [2.45, 2.75) is 32.7 Å². The Hall–Kier alpha value is -4.40. The van der Waals surface area contributed by atoms with Crippen molar-refractivity contribution in [3.8, 4) is 22.8 Å². The van der Waals surface area contributed by atoms with E-state index in [4.69, 9.17) is 14.4 Å². The fraction of sp³-hybridized carbons (Fsp3) is 0.200. The number of benzene rings is 2. The van der Waals surface area contributed by atoms with Crippen LogP contribution in [0.15, 0.2) is 65.2 Å². The molecule has 0 aliphatic carbocycles. The first kappa shape index (κ1) is 20.2. The van der Waals surface area contributed by atoms with E-state index in [1.54, 1.807) is 0 Å². The first-order valence-corrected chi connectivity index (χ1v) is 11.3. The number of pyridine rings is 1. The number of tetrazole rings is 1. The van der Waals surface area contributed by atoms with Gasteiger partial charge in [-0.2, -0.15) is 5.21 Å². The molecule has 2 aromatic carbocycles. The van der Waals surface area contributed by atoms with E-state index in [1.165, 1.54) is 0 Å². The quantitative estimate of drug-likeness (QED) is 0.371. The second-order valence-corrected chi connectivity index (χ2v) is 8.17. The van der Waals surface area contributed by atoms with Gasteiger partial charge in [0.15, 0.2) is 11.2 Å². The zero-order valence-electron chi connectivity index (χ0n) is 18.6. The molecule has 0 amide bonds. The van der Waals surface area contributed by atoms with Crippen molar-refractivity contribution in [2.75, 3.05) is 0 Å². The number of H-pyrrole nitrogens is 1. The summed E-state index contributed by atoms with van der Waals surface area (Å²) in [5.74, 6) is 2.08. The number of aromatic nitrogens is 8. The van der Waals surface area contributed by atoms with E-state index >= 15 is 0 Å². The number of rotatable bonds is 7. The van der Waals surface area contributed by atoms with Crippen LogP contribution in [0.25, 0.3) is 45.1 Å². The lowest BCUT2D eigenvalue weighted by Gasteiger charge is -2.08. The summed E-state index contributed by atoms with van der Waals surface area (Å²) in [6.45, 7) is 2.86. The molecule has 0 saturated carbocycles. The minimum atomic E-state index is 0.498. The lowest BCUT2D eigenvalue weighted by molar-refractivity contribution is 0.620. The zero-order chi connectivity index (χ0) is 22.9. The zero-order valence-corrected chi connectivity index (χ0v) is 18.6. The molecule has 4 aromatic heterocycles. The topological polar surface area (TPSA) is 111 Å². The number of aromatic amines is 1. The molecule has 34 heavy (non-hydrogen) atoms. The van der Waals surface area contributed by atoms with Crippen LogP contribution < -0.4 is 0 Å². The Kier molecular flexibility index (Phi) is 5.06. The Morgan fingerprint density at radius 2 is 1.88 bits per heavy atom. The predicted molar refractivity (Wildman–Crippen MR) is 128 cm³/mol. The lowest BCUT2D eigenvalue weighted by atomic mass is 10.1. The van der Waals surface area contributed by atoms with E-state index in [0.717, 1.165) is 64.0 Å². The summed E-state index contributed by atoms with van der Waals surface area (Å²) in [4.78, 5) is 14.2. The van der Waals surface area contributed by atoms with Gasteiger partial charge in [0.05, 0.1) is 6.54 Å². The number of hydrogen-bond donors (Lipinski definition) is 1. The number of unbranched alkanes of at least 4 members (excludes halogenated alkanes) is 1. The van der Waals surface area contributed by atoms with Crippen molar-refractivity contribution in [2.24, 2.45) is 0 Å². The minimum absolute atomic E-state index is 0.498. The summed E-state index contributed by atoms with van der Waals surface area (Å²) in [6.07, 6.45) is 4.96. The number of nitrogens with one attached hydrogen (secondary N) is 1. The first-order valence-electron chi connectivity index (χ1n) is 11.3. The minimum Gasteiger partial charge on any atom is -0.436 e. The second-order valence-electron chi connectivity index (χ2n) is 8.17. The molecule has 0 atom stereocenters. The molecule has 0 fully saturated rings. The van der Waals surface area contributed by atoms with Crippen LogP contribution in [-0.4, -0.2) is 40.1 Å². The molecule has 168 valence electrons. The van der Waals surface area contributed by atoms with Gasteiger partial charge in [-0.05, 0) is 47.5 Å². The molecule has 0 aliphatic heterocycles. The van der Waals surface area contributed by atoms with Gasteiger partial charge in [-0.15, -0.1) is 10.2 Å². The third kappa shape index (κ3) is 3.61. The molecule has 1 N–H and O–H groups in total. The van der Waals surface area contributed by atoms with Crippen LogP contribution in [-0.2, 0) is 13.0 Å². The standard InChI is InChI=1S/C25H22N8O/c1-2-3-10-22-27-19-9-6-13-26-24(19)33(22)15-16-11-12-21-20(14-16)28-25(34-21)18-8-5-4-7-17(18)23-29-31-32-30-23/h4-9,11-14H,2-3,10,15H2,1H3,(H,29,30,31,32). The Morgan fingerprint density at radius 1 is 0.971 bits per heavy atom. The fourth-order valence-electron chi connectivity index (χ4n) is 4.21. The first-order chi connectivity index (χ1) is 16.8. The number of fused-ring (bicyclic) bond motifs is 2. The summed E-state index contributed by atoms with van der Waals surface area (Å²) < 4.78 is 8.31. The average molecular weight is 451 g/mol. The van der Waals surface area contributed by atoms with Crippen LogP contribution in [0.3, 0.4) is 0 Å². The van der Waals surface area contributed by atoms with Gasteiger partial charge in [0.25, 0.3) is 0 Å². The third-order valence-electron chi connectivity index (χ3n) is 5.87. The van der Waals surface area contributed by atoms with Crippen LogP contribution in [0, 0.1) is 0 Å². The maximum atomic E-state index is 6.10. The molecule has 0 spiro atoms. The van der Waals surface area contributed by atoms with Crippen molar-refractivity contribution in [3.05, 3.63) is 72.2 Å². The van der Waals surface area contributed by atoms with Crippen molar-refractivity contribution in [1.29, 1.82) is 0 Å². The molecule has 6 rings (SSSR count). The number of hydrogen-bond acceptors (Lipinski definition) is 7. The fourth-order valence-corrected chi connectivity index (χ4v) is 4.21. The third-order valence-corrected chi connectivity index (χ3v) is 5.87. The van der Waals surface area contributed by atoms with Crippen LogP contribution >= 0.6 is 0 Å². The van der Waals surface area contributed by atoms with Gasteiger partial charge in [-0.1, -0.05) is 37.6 Å². The highest BCUT2D eigenvalue weighted by Crippen LogP contribution is 2.32. The molecule has 9 heteroatoms. The summed E-state index contributed by atoms with van der Waals surface area (Å²) in [5.41, 5.74) is 6.08. The van der Waals surface area contributed by atoms with Crippen molar-refractivity contribution in [3.63, 3.8) is 0 Å². The van der Waals surface area contributed by atoms with E-state index in [1.807, 2.05) is 48.7 Å². The second kappa shape index (κ2) is 8.51. The number of oxazole rings is 1. The molecule has 0 unspecified atom stereocenters. The SMILES string of the molecule is CCCCc1nc2cccnc2n1Cc1ccc2oc(-c3ccccc3-c3nn[nH]n3)nc2c1. The molecular formula is C25H22N8O. The average Bonchev–Trinajstić information content (AvgIpc) is 3.62. The Morgan fingerprint density at radius 3 is 2.74 bits per heavy atom. The molecule has 0 radical (unpaired) electrons. The van der Waals surface area contributed by atoms with E-state index in [2.05, 4.69) is 49.2 Å². The number of imidazole rings is 1. The molecule has 6 aromatic rings. The van der Waals surface area contributed by atoms with Gasteiger partial charge in [0.1, 0.15) is 16.9 Å². The molecule has 0 saturated heterocycles. The van der Waals surface area contributed by atoms with Crippen LogP contribution in [0.1, 0.15) is 31.2 Å². The summed E-state index contributed by atoms with van der Waals surface area (Å²) >= 11 is 0. The Balaban J connectivity index is 1.38. The normalized spacial score (nSPS) is 11.6. The maximum Gasteiger partial charge on any atom is 0.228 e. The molecule has 4 heterocycles. The summed E-state index contributed by atoms with van der Waals surface area (Å²) in [6, 6.07) is 17.8. The van der Waals surface area contributed by atoms with Crippen LogP contribution in [0.5, 0.6) is 0 Å². The van der Waals surface area contributed by atoms with Gasteiger partial charge >= 0.3 is 0 Å². The Bertz CT molecular complexity index is 1580. The highest BCUT2D eigenvalue weighted by Gasteiger charge is 2.17. The molecular weight excluding hydrogens is 428 g/mol. The van der Waals surface area contributed by atoms with Crippen LogP contribution in [0.4, 0.5) is 0 Å². The molecule has 0 bridgehead atoms. The smallest absolute Gasteiger partial charge is 0.228 e. The van der Waals surface area contributed by atoms with Gasteiger partial charge in [-0.25, -0.2) is 15.0 Å². The van der Waals surface area contributed by atoms with Gasteiger partial charge in [0.2, 0.25) is 11.7 Å². The molecule has 9 nitrogen and oxygen atoms in total. The summed E-state index contributed by atoms with van der Waals surface area (Å²) in [5, 5.41) is 14.4. The maximum absolute atomic E-state index is 6.10. The van der Waals surface area contributed by atoms with E-state index < -0.39 is 0 Å². The number of aryl methyl sites for hydroxylation is 1. The molecule has 0 aliphatic rings. The highest BCUT2D eigenvalue weighted by molar-refractivity contribution is 5.82. The monoisotopic (exact) mass is 450 g/mol. The van der Waals surface area contributed by atoms with Crippen molar-refractivity contribution >= 4 is 22.3 Å². The van der Waals surface area contributed by atoms with E-state index in [9.17, 15) is 0 Å². The van der Waals surface area contributed by atoms with E-state index in [0.29, 0.717) is 18.3 Å².